The molecule has 0 aliphatic carbocycles. The van der Waals surface area contributed by atoms with Crippen molar-refractivity contribution in [2.24, 2.45) is 0 Å². The highest BCUT2D eigenvalue weighted by Gasteiger charge is 2.22. The minimum atomic E-state index is 0.232. The predicted molar refractivity (Wildman–Crippen MR) is 74.7 cm³/mol. The first-order valence-electron chi connectivity index (χ1n) is 5.23. The first-order valence-corrected chi connectivity index (χ1v) is 8.00. The lowest BCUT2D eigenvalue weighted by atomic mass is 10.2. The van der Waals surface area contributed by atoms with E-state index < -0.39 is 0 Å². The Morgan fingerprint density at radius 2 is 2.44 bits per heavy atom. The van der Waals surface area contributed by atoms with Crippen molar-refractivity contribution in [3.63, 3.8) is 0 Å². The molecule has 0 bridgehead atoms. The number of carbonyl (C=O) groups is 1. The Morgan fingerprint density at radius 3 is 3.00 bits per heavy atom. The van der Waals surface area contributed by atoms with Gasteiger partial charge < -0.3 is 0 Å². The van der Waals surface area contributed by atoms with Gasteiger partial charge in [-0.25, -0.2) is 0 Å². The molecule has 0 aromatic carbocycles. The zero-order valence-corrected chi connectivity index (χ0v) is 12.3. The second-order valence-electron chi connectivity index (χ2n) is 3.96. The number of hydrogen-bond acceptors (Lipinski definition) is 4. The van der Waals surface area contributed by atoms with Crippen LogP contribution in [-0.4, -0.2) is 41.8 Å². The molecule has 1 saturated heterocycles. The summed E-state index contributed by atoms with van der Waals surface area (Å²) in [5.41, 5.74) is 0. The van der Waals surface area contributed by atoms with Crippen LogP contribution in [0.15, 0.2) is 15.9 Å². The Hall–Kier alpha value is 0.160. The van der Waals surface area contributed by atoms with Gasteiger partial charge in [-0.15, -0.1) is 11.3 Å². The number of carbonyl (C=O) groups excluding carboxylic acids is 1. The van der Waals surface area contributed by atoms with Gasteiger partial charge >= 0.3 is 0 Å². The van der Waals surface area contributed by atoms with Gasteiger partial charge in [-0.3, -0.25) is 9.69 Å². The van der Waals surface area contributed by atoms with Gasteiger partial charge in [0.15, 0.2) is 5.78 Å². The average molecular weight is 320 g/mol. The SMILES string of the molecule is CN(CC(=O)c1ccc(Br)s1)C1CCSC1. The summed E-state index contributed by atoms with van der Waals surface area (Å²) >= 11 is 6.88. The number of halogens is 1. The molecular formula is C11H14BrNOS2. The number of thiophene rings is 1. The standard InChI is InChI=1S/C11H14BrNOS2/c1-13(8-4-5-15-7-8)6-9(14)10-2-3-11(12)16-10/h2-3,8H,4-7H2,1H3. The second kappa shape index (κ2) is 5.67. The number of Topliss-reactive ketones (excluding diaryl/α,β-unsaturated/α-hetero) is 1. The molecular weight excluding hydrogens is 306 g/mol. The van der Waals surface area contributed by atoms with E-state index in [1.54, 1.807) is 0 Å². The lowest BCUT2D eigenvalue weighted by molar-refractivity contribution is 0.0931. The third kappa shape index (κ3) is 3.09. The maximum Gasteiger partial charge on any atom is 0.186 e. The van der Waals surface area contributed by atoms with Crippen molar-refractivity contribution in [1.82, 2.24) is 4.90 Å². The second-order valence-corrected chi connectivity index (χ2v) is 7.57. The van der Waals surface area contributed by atoms with Crippen LogP contribution in [0.2, 0.25) is 0 Å². The summed E-state index contributed by atoms with van der Waals surface area (Å²) in [4.78, 5) is 15.0. The van der Waals surface area contributed by atoms with E-state index in [0.717, 1.165) is 14.4 Å². The van der Waals surface area contributed by atoms with Crippen LogP contribution in [0, 0.1) is 0 Å². The van der Waals surface area contributed by atoms with Crippen LogP contribution in [0.3, 0.4) is 0 Å². The predicted octanol–water partition coefficient (Wildman–Crippen LogP) is 3.13. The quantitative estimate of drug-likeness (QED) is 0.795. The van der Waals surface area contributed by atoms with Crippen molar-refractivity contribution in [2.75, 3.05) is 25.1 Å². The van der Waals surface area contributed by atoms with Gasteiger partial charge in [0.2, 0.25) is 0 Å². The lowest BCUT2D eigenvalue weighted by Gasteiger charge is -2.22. The van der Waals surface area contributed by atoms with E-state index in [0.29, 0.717) is 12.6 Å². The number of likely N-dealkylation sites (N-methyl/N-ethyl adjacent to an activating group) is 1. The fraction of sp³-hybridized carbons (Fsp3) is 0.545. The van der Waals surface area contributed by atoms with Gasteiger partial charge in [0.05, 0.1) is 15.2 Å². The Kier molecular flexibility index (Phi) is 4.47. The van der Waals surface area contributed by atoms with Crippen molar-refractivity contribution in [1.29, 1.82) is 0 Å². The molecule has 0 amide bonds. The molecule has 1 aromatic rings. The van der Waals surface area contributed by atoms with Crippen LogP contribution in [0.4, 0.5) is 0 Å². The van der Waals surface area contributed by atoms with Gasteiger partial charge in [-0.1, -0.05) is 0 Å². The van der Waals surface area contributed by atoms with Gasteiger partial charge in [0.25, 0.3) is 0 Å². The molecule has 1 aliphatic heterocycles. The Labute approximate surface area is 113 Å². The van der Waals surface area contributed by atoms with Crippen LogP contribution in [0.5, 0.6) is 0 Å². The highest BCUT2D eigenvalue weighted by atomic mass is 79.9. The molecule has 1 aliphatic rings. The van der Waals surface area contributed by atoms with Crippen LogP contribution < -0.4 is 0 Å². The van der Waals surface area contributed by atoms with Gasteiger partial charge in [-0.05, 0) is 47.3 Å². The Balaban J connectivity index is 1.91. The monoisotopic (exact) mass is 319 g/mol. The Morgan fingerprint density at radius 1 is 1.62 bits per heavy atom. The summed E-state index contributed by atoms with van der Waals surface area (Å²) in [5.74, 6) is 2.63. The first-order chi connectivity index (χ1) is 7.66. The van der Waals surface area contributed by atoms with Crippen LogP contribution in [0.25, 0.3) is 0 Å². The third-order valence-corrected chi connectivity index (χ3v) is 5.58. The number of hydrogen-bond donors (Lipinski definition) is 0. The molecule has 2 heterocycles. The topological polar surface area (TPSA) is 20.3 Å². The minimum Gasteiger partial charge on any atom is -0.295 e. The van der Waals surface area contributed by atoms with Crippen LogP contribution in [-0.2, 0) is 0 Å². The van der Waals surface area contributed by atoms with Crippen molar-refractivity contribution in [3.8, 4) is 0 Å². The molecule has 1 unspecified atom stereocenters. The highest BCUT2D eigenvalue weighted by Crippen LogP contribution is 2.24. The summed E-state index contributed by atoms with van der Waals surface area (Å²) in [5, 5.41) is 0. The fourth-order valence-corrected chi connectivity index (χ4v) is 4.38. The van der Waals surface area contributed by atoms with E-state index in [9.17, 15) is 4.79 Å². The van der Waals surface area contributed by atoms with E-state index >= 15 is 0 Å². The average Bonchev–Trinajstić information content (AvgIpc) is 2.87. The Bertz CT molecular complexity index is 374. The number of ketones is 1. The molecule has 88 valence electrons. The summed E-state index contributed by atoms with van der Waals surface area (Å²) in [7, 11) is 2.05. The van der Waals surface area contributed by atoms with E-state index in [1.807, 2.05) is 23.9 Å². The molecule has 2 rings (SSSR count). The normalized spacial score (nSPS) is 20.6. The molecule has 0 radical (unpaired) electrons. The van der Waals surface area contributed by atoms with Crippen molar-refractivity contribution >= 4 is 44.8 Å². The van der Waals surface area contributed by atoms with E-state index in [2.05, 4.69) is 27.9 Å². The maximum atomic E-state index is 12.0. The van der Waals surface area contributed by atoms with Crippen molar-refractivity contribution in [3.05, 3.63) is 20.8 Å². The smallest absolute Gasteiger partial charge is 0.186 e. The summed E-state index contributed by atoms with van der Waals surface area (Å²) < 4.78 is 1.02. The van der Waals surface area contributed by atoms with Gasteiger partial charge in [-0.2, -0.15) is 11.8 Å². The molecule has 2 nitrogen and oxygen atoms in total. The zero-order valence-electron chi connectivity index (χ0n) is 9.11. The highest BCUT2D eigenvalue weighted by molar-refractivity contribution is 9.11. The largest absolute Gasteiger partial charge is 0.295 e. The molecule has 0 N–H and O–H groups in total. The summed E-state index contributed by atoms with van der Waals surface area (Å²) in [6.45, 7) is 0.540. The van der Waals surface area contributed by atoms with Gasteiger partial charge in [0, 0.05) is 11.8 Å². The number of rotatable bonds is 4. The number of thioether (sulfide) groups is 1. The molecule has 1 fully saturated rings. The van der Waals surface area contributed by atoms with E-state index in [1.165, 1.54) is 23.5 Å². The molecule has 1 aromatic heterocycles. The van der Waals surface area contributed by atoms with Crippen molar-refractivity contribution < 1.29 is 4.79 Å². The molecule has 0 saturated carbocycles. The number of nitrogens with zero attached hydrogens (tertiary/aromatic N) is 1. The molecule has 0 spiro atoms. The molecule has 16 heavy (non-hydrogen) atoms. The van der Waals surface area contributed by atoms with E-state index in [4.69, 9.17) is 0 Å². The van der Waals surface area contributed by atoms with Gasteiger partial charge in [0.1, 0.15) is 0 Å². The first kappa shape index (κ1) is 12.6. The summed E-state index contributed by atoms with van der Waals surface area (Å²) in [6, 6.07) is 4.41. The van der Waals surface area contributed by atoms with Crippen LogP contribution >= 0.6 is 39.0 Å². The van der Waals surface area contributed by atoms with Crippen molar-refractivity contribution in [2.45, 2.75) is 12.5 Å². The fourth-order valence-electron chi connectivity index (χ4n) is 1.77. The molecule has 1 atom stereocenters. The molecule has 5 heteroatoms. The third-order valence-electron chi connectivity index (χ3n) is 2.77. The van der Waals surface area contributed by atoms with Crippen LogP contribution in [0.1, 0.15) is 16.1 Å². The lowest BCUT2D eigenvalue weighted by Crippen LogP contribution is -2.35. The summed E-state index contributed by atoms with van der Waals surface area (Å²) in [6.07, 6.45) is 1.21. The minimum absolute atomic E-state index is 0.232. The maximum absolute atomic E-state index is 12.0. The zero-order chi connectivity index (χ0) is 11.5. The van der Waals surface area contributed by atoms with E-state index in [-0.39, 0.29) is 5.78 Å².